The zero-order valence-corrected chi connectivity index (χ0v) is 31.8. The summed E-state index contributed by atoms with van der Waals surface area (Å²) in [6.07, 6.45) is -1.87. The van der Waals surface area contributed by atoms with Crippen molar-refractivity contribution in [2.75, 3.05) is 37.6 Å². The highest BCUT2D eigenvalue weighted by Gasteiger charge is 2.39. The number of carbonyl (C=O) groups excluding carboxylic acids is 4. The molecule has 0 saturated heterocycles. The number of aliphatic hydroxyl groups is 1. The molecule has 2 N–H and O–H groups in total. The summed E-state index contributed by atoms with van der Waals surface area (Å²) in [7, 11) is 4.37. The topological polar surface area (TPSA) is 138 Å². The largest absolute Gasteiger partial charge is 0.496 e. The third-order valence-electron chi connectivity index (χ3n) is 8.85. The summed E-state index contributed by atoms with van der Waals surface area (Å²) in [5.41, 5.74) is 1.57. The van der Waals surface area contributed by atoms with Crippen LogP contribution in [0.5, 0.6) is 5.75 Å². The van der Waals surface area contributed by atoms with Crippen LogP contribution in [0.4, 0.5) is 16.2 Å². The van der Waals surface area contributed by atoms with E-state index >= 15 is 0 Å². The van der Waals surface area contributed by atoms with Crippen molar-refractivity contribution in [2.24, 2.45) is 0 Å². The Bertz CT molecular complexity index is 1980. The predicted octanol–water partition coefficient (Wildman–Crippen LogP) is 6.18. The van der Waals surface area contributed by atoms with Crippen molar-refractivity contribution in [2.45, 2.75) is 58.2 Å². The number of aliphatic hydroxyl groups excluding tert-OH is 1. The number of rotatable bonds is 9. The maximum Gasteiger partial charge on any atom is 0.410 e. The van der Waals surface area contributed by atoms with Crippen LogP contribution < -0.4 is 19.9 Å². The van der Waals surface area contributed by atoms with Gasteiger partial charge >= 0.3 is 6.09 Å². The number of nitrogens with zero attached hydrogens (tertiary/aromatic N) is 3. The van der Waals surface area contributed by atoms with Crippen LogP contribution in [-0.2, 0) is 25.6 Å². The van der Waals surface area contributed by atoms with Crippen LogP contribution in [0.1, 0.15) is 55.5 Å². The molecule has 1 aliphatic rings. The monoisotopic (exact) mass is 774 g/mol. The van der Waals surface area contributed by atoms with Gasteiger partial charge in [-0.1, -0.05) is 52.3 Å². The smallest absolute Gasteiger partial charge is 0.410 e. The molecule has 0 spiro atoms. The van der Waals surface area contributed by atoms with Crippen LogP contribution >= 0.6 is 15.9 Å². The van der Waals surface area contributed by atoms with Crippen LogP contribution in [0.3, 0.4) is 0 Å². The highest BCUT2D eigenvalue weighted by atomic mass is 79.9. The van der Waals surface area contributed by atoms with E-state index in [-0.39, 0.29) is 18.7 Å². The van der Waals surface area contributed by atoms with Gasteiger partial charge in [0.15, 0.2) is 6.29 Å². The van der Waals surface area contributed by atoms with Gasteiger partial charge in [-0.25, -0.2) is 4.79 Å². The lowest BCUT2D eigenvalue weighted by molar-refractivity contribution is -0.130. The predicted molar refractivity (Wildman–Crippen MR) is 201 cm³/mol. The molecule has 5 rings (SSSR count). The molecule has 3 atom stereocenters. The van der Waals surface area contributed by atoms with Gasteiger partial charge in [0.25, 0.3) is 11.8 Å². The van der Waals surface area contributed by atoms with Gasteiger partial charge in [0.2, 0.25) is 5.91 Å². The van der Waals surface area contributed by atoms with E-state index in [0.29, 0.717) is 22.7 Å². The first-order chi connectivity index (χ1) is 24.6. The Morgan fingerprint density at radius 2 is 1.67 bits per heavy atom. The fourth-order valence-electron chi connectivity index (χ4n) is 5.95. The van der Waals surface area contributed by atoms with Gasteiger partial charge in [-0.15, -0.1) is 0 Å². The summed E-state index contributed by atoms with van der Waals surface area (Å²) in [6, 6.07) is 20.7. The molecule has 1 aliphatic heterocycles. The molecule has 0 fully saturated rings. The third-order valence-corrected chi connectivity index (χ3v) is 9.34. The number of methoxy groups -OCH3 is 2. The van der Waals surface area contributed by atoms with Gasteiger partial charge in [0.05, 0.1) is 31.6 Å². The zero-order valence-electron chi connectivity index (χ0n) is 30.2. The number of carbonyl (C=O) groups is 4. The minimum absolute atomic E-state index is 0.0450. The number of likely N-dealkylation sites (N-methyl/N-ethyl adjacent to an activating group) is 1. The van der Waals surface area contributed by atoms with Crippen molar-refractivity contribution < 1.29 is 38.5 Å². The molecule has 12 nitrogen and oxygen atoms in total. The van der Waals surface area contributed by atoms with Gasteiger partial charge < -0.3 is 34.4 Å². The second kappa shape index (κ2) is 15.7. The molecule has 1 heterocycles. The maximum absolute atomic E-state index is 14.8. The molecule has 4 amide bonds. The highest BCUT2D eigenvalue weighted by Crippen LogP contribution is 2.38. The average molecular weight is 776 g/mol. The first-order valence-electron chi connectivity index (χ1n) is 16.7. The lowest BCUT2D eigenvalue weighted by Gasteiger charge is -2.30. The number of benzene rings is 4. The van der Waals surface area contributed by atoms with Crippen LogP contribution in [0.25, 0.3) is 10.8 Å². The van der Waals surface area contributed by atoms with E-state index in [1.807, 2.05) is 30.3 Å². The van der Waals surface area contributed by atoms with Gasteiger partial charge in [0, 0.05) is 35.3 Å². The number of para-hydroxylation sites is 2. The molecule has 0 radical (unpaired) electrons. The van der Waals surface area contributed by atoms with Crippen LogP contribution in [-0.4, -0.2) is 79.3 Å². The first kappa shape index (κ1) is 38.3. The van der Waals surface area contributed by atoms with Crippen molar-refractivity contribution >= 4 is 61.9 Å². The van der Waals surface area contributed by atoms with E-state index in [1.54, 1.807) is 81.3 Å². The lowest BCUT2D eigenvalue weighted by atomic mass is 10.0. The van der Waals surface area contributed by atoms with Crippen molar-refractivity contribution in [1.82, 2.24) is 10.2 Å². The quantitative estimate of drug-likeness (QED) is 0.193. The summed E-state index contributed by atoms with van der Waals surface area (Å²) in [5.74, 6) is -0.969. The first-order valence-corrected chi connectivity index (χ1v) is 17.5. The molecule has 0 aliphatic carbocycles. The SMILES string of the molecule is COc1ccc2cc(Br)ccc2c1CN1C(=O)[C@@H](NC(=O)[C@H](C)N(C)C(=O)OC(C)(C)C)CN(C(=O)c2ccc(C(O)OC)cc2)c2ccccc21. The van der Waals surface area contributed by atoms with Crippen LogP contribution in [0.15, 0.2) is 83.3 Å². The third kappa shape index (κ3) is 8.22. The van der Waals surface area contributed by atoms with Gasteiger partial charge in [-0.05, 0) is 80.9 Å². The Hall–Kier alpha value is -4.98. The maximum atomic E-state index is 14.8. The average Bonchev–Trinajstić information content (AvgIpc) is 3.23. The fraction of sp³-hybridized carbons (Fsp3) is 0.333. The molecular formula is C39H43BrN4O8. The number of fused-ring (bicyclic) bond motifs is 2. The molecule has 0 saturated carbocycles. The number of amides is 4. The fourth-order valence-corrected chi connectivity index (χ4v) is 6.33. The molecule has 13 heteroatoms. The number of halogens is 1. The molecule has 52 heavy (non-hydrogen) atoms. The second-order valence-corrected chi connectivity index (χ2v) is 14.4. The Kier molecular flexibility index (Phi) is 11.6. The minimum Gasteiger partial charge on any atom is -0.496 e. The summed E-state index contributed by atoms with van der Waals surface area (Å²) in [4.78, 5) is 59.9. The standard InChI is InChI=1S/C39H43BrN4O8/c1-23(42(5)38(49)52-39(2,3)4)34(45)41-30-22-44(35(46)24-12-14-25(15-13-24)37(48)51-7)32-11-9-8-10-31(32)43(36(30)47)21-29-28-18-17-27(40)20-26(28)16-19-33(29)50-6/h8-20,23,30,37,48H,21-22H2,1-7H3,(H,41,45)/t23-,30-,37?/m0/s1. The van der Waals surface area contributed by atoms with Gasteiger partial charge in [-0.3, -0.25) is 19.3 Å². The van der Waals surface area contributed by atoms with Crippen molar-refractivity contribution in [1.29, 1.82) is 0 Å². The van der Waals surface area contributed by atoms with E-state index in [1.165, 1.54) is 26.0 Å². The summed E-state index contributed by atoms with van der Waals surface area (Å²) in [5, 5.41) is 14.7. The van der Waals surface area contributed by atoms with Crippen molar-refractivity contribution in [3.63, 3.8) is 0 Å². The molecule has 0 aromatic heterocycles. The van der Waals surface area contributed by atoms with Crippen LogP contribution in [0, 0.1) is 0 Å². The van der Waals surface area contributed by atoms with E-state index in [9.17, 15) is 24.3 Å². The van der Waals surface area contributed by atoms with E-state index in [2.05, 4.69) is 21.2 Å². The Labute approximate surface area is 311 Å². The van der Waals surface area contributed by atoms with Crippen molar-refractivity contribution in [3.05, 3.63) is 100 Å². The molecular weight excluding hydrogens is 732 g/mol. The summed E-state index contributed by atoms with van der Waals surface area (Å²) < 4.78 is 17.1. The van der Waals surface area contributed by atoms with E-state index in [4.69, 9.17) is 14.2 Å². The molecule has 4 aromatic rings. The number of anilines is 2. The molecule has 4 aromatic carbocycles. The Morgan fingerprint density at radius 3 is 2.31 bits per heavy atom. The highest BCUT2D eigenvalue weighted by molar-refractivity contribution is 9.10. The van der Waals surface area contributed by atoms with Crippen LogP contribution in [0.2, 0.25) is 0 Å². The van der Waals surface area contributed by atoms with E-state index < -0.39 is 47.8 Å². The second-order valence-electron chi connectivity index (χ2n) is 13.5. The number of hydrogen-bond acceptors (Lipinski definition) is 8. The molecule has 274 valence electrons. The number of nitrogens with one attached hydrogen (secondary N) is 1. The number of hydrogen-bond donors (Lipinski definition) is 2. The Morgan fingerprint density at radius 1 is 1.00 bits per heavy atom. The normalized spacial score (nSPS) is 15.7. The lowest BCUT2D eigenvalue weighted by Crippen LogP contribution is -2.57. The molecule has 1 unspecified atom stereocenters. The minimum atomic E-state index is -1.23. The zero-order chi connectivity index (χ0) is 37.9. The summed E-state index contributed by atoms with van der Waals surface area (Å²) >= 11 is 3.54. The Balaban J connectivity index is 1.59. The van der Waals surface area contributed by atoms with Crippen molar-refractivity contribution in [3.8, 4) is 5.75 Å². The van der Waals surface area contributed by atoms with Gasteiger partial charge in [0.1, 0.15) is 23.4 Å². The van der Waals surface area contributed by atoms with E-state index in [0.717, 1.165) is 25.7 Å². The number of ether oxygens (including phenoxy) is 3. The summed E-state index contributed by atoms with van der Waals surface area (Å²) in [6.45, 7) is 6.53. The van der Waals surface area contributed by atoms with Gasteiger partial charge in [-0.2, -0.15) is 0 Å². The molecule has 0 bridgehead atoms.